The molecule has 3 rings (SSSR count). The molecule has 8 nitrogen and oxygen atoms in total. The van der Waals surface area contributed by atoms with E-state index in [2.05, 4.69) is 15.4 Å². The molecule has 0 saturated carbocycles. The number of hydrogen-bond acceptors (Lipinski definition) is 6. The predicted octanol–water partition coefficient (Wildman–Crippen LogP) is 3.88. The number of nitrogens with one attached hydrogen (secondary N) is 2. The van der Waals surface area contributed by atoms with E-state index in [9.17, 15) is 27.9 Å². The first-order valence-corrected chi connectivity index (χ1v) is 12.1. The topological polar surface area (TPSA) is 100 Å². The molecule has 1 aliphatic heterocycles. The van der Waals surface area contributed by atoms with Crippen LogP contribution in [0.15, 0.2) is 48.5 Å². The third kappa shape index (κ3) is 8.85. The number of benzene rings is 2. The highest BCUT2D eigenvalue weighted by Gasteiger charge is 2.31. The maximum Gasteiger partial charge on any atom is 0.573 e. The van der Waals surface area contributed by atoms with Gasteiger partial charge < -0.3 is 30.1 Å². The fraction of sp³-hybridized carbons (Fsp3) is 0.462. The van der Waals surface area contributed by atoms with E-state index < -0.39 is 12.3 Å². The second-order valence-electron chi connectivity index (χ2n) is 9.15. The molecule has 1 heterocycles. The zero-order chi connectivity index (χ0) is 27.0. The number of phenols is 1. The van der Waals surface area contributed by atoms with E-state index in [1.54, 1.807) is 17.0 Å². The Morgan fingerprint density at radius 1 is 1.05 bits per heavy atom. The number of carbonyl (C=O) groups is 2. The van der Waals surface area contributed by atoms with E-state index in [4.69, 9.17) is 4.74 Å². The zero-order valence-electron chi connectivity index (χ0n) is 20.8. The van der Waals surface area contributed by atoms with Gasteiger partial charge in [0.1, 0.15) is 11.5 Å². The summed E-state index contributed by atoms with van der Waals surface area (Å²) >= 11 is 0. The summed E-state index contributed by atoms with van der Waals surface area (Å²) in [6.45, 7) is 6.01. The summed E-state index contributed by atoms with van der Waals surface area (Å²) in [5, 5.41) is 15.8. The lowest BCUT2D eigenvalue weighted by Crippen LogP contribution is -2.47. The number of anilines is 1. The average Bonchev–Trinajstić information content (AvgIpc) is 2.85. The van der Waals surface area contributed by atoms with E-state index in [0.717, 1.165) is 0 Å². The molecular weight excluding hydrogens is 491 g/mol. The first kappa shape index (κ1) is 28.1. The monoisotopic (exact) mass is 523 g/mol. The Hall–Kier alpha value is -3.47. The van der Waals surface area contributed by atoms with Crippen molar-refractivity contribution >= 4 is 17.5 Å². The van der Waals surface area contributed by atoms with Gasteiger partial charge in [0.25, 0.3) is 0 Å². The number of hydrogen-bond donors (Lipinski definition) is 3. The van der Waals surface area contributed by atoms with E-state index in [1.807, 2.05) is 13.8 Å². The first-order chi connectivity index (χ1) is 17.5. The molecule has 3 N–H and O–H groups in total. The fourth-order valence-corrected chi connectivity index (χ4v) is 3.92. The normalized spacial score (nSPS) is 15.7. The zero-order valence-corrected chi connectivity index (χ0v) is 20.8. The van der Waals surface area contributed by atoms with Crippen LogP contribution in [0, 0.1) is 5.92 Å². The van der Waals surface area contributed by atoms with Crippen molar-refractivity contribution in [1.29, 1.82) is 0 Å². The Bertz CT molecular complexity index is 1020. The summed E-state index contributed by atoms with van der Waals surface area (Å²) in [5.41, 5.74) is 1.17. The van der Waals surface area contributed by atoms with Crippen LogP contribution in [0.4, 0.5) is 18.9 Å². The number of morpholine rings is 1. The van der Waals surface area contributed by atoms with Gasteiger partial charge in [0.15, 0.2) is 0 Å². The summed E-state index contributed by atoms with van der Waals surface area (Å²) in [6.07, 6.45) is -4.80. The maximum atomic E-state index is 13.4. The molecular formula is C26H32F3N3O5. The number of amides is 2. The first-order valence-electron chi connectivity index (χ1n) is 12.1. The highest BCUT2D eigenvalue weighted by molar-refractivity contribution is 5.90. The molecule has 0 aliphatic carbocycles. The molecule has 0 spiro atoms. The average molecular weight is 524 g/mol. The van der Waals surface area contributed by atoms with Crippen LogP contribution >= 0.6 is 0 Å². The minimum Gasteiger partial charge on any atom is -0.508 e. The van der Waals surface area contributed by atoms with E-state index in [1.165, 1.54) is 36.4 Å². The van der Waals surface area contributed by atoms with Gasteiger partial charge >= 0.3 is 6.36 Å². The molecule has 37 heavy (non-hydrogen) atoms. The molecule has 0 bridgehead atoms. The quantitative estimate of drug-likeness (QED) is 0.437. The van der Waals surface area contributed by atoms with Crippen molar-refractivity contribution in [1.82, 2.24) is 10.2 Å². The third-order valence-corrected chi connectivity index (χ3v) is 6.10. The Morgan fingerprint density at radius 3 is 2.24 bits per heavy atom. The maximum absolute atomic E-state index is 13.4. The van der Waals surface area contributed by atoms with Gasteiger partial charge in [0.2, 0.25) is 11.8 Å². The van der Waals surface area contributed by atoms with E-state index in [0.29, 0.717) is 44.1 Å². The number of nitrogens with zero attached hydrogens (tertiary/aromatic N) is 1. The number of carbonyl (C=O) groups excluding carboxylic acids is 2. The largest absolute Gasteiger partial charge is 0.573 e. The standard InChI is InChI=1S/C26H32F3N3O5/c1-17(2)23(16-30-19-5-9-21(10-6-19)37-26(27,28)29)31-25(35)22(18-3-7-20(33)8-4-18)15-24(34)32-11-13-36-14-12-32/h3-10,17,22-23,30,33H,11-16H2,1-2H3,(H,31,35)/t22-,23+/m0/s1. The number of alkyl halides is 3. The SMILES string of the molecule is CC(C)[C@@H](CNc1ccc(OC(F)(F)F)cc1)NC(=O)[C@@H](CC(=O)N1CCOCC1)c1ccc(O)cc1. The van der Waals surface area contributed by atoms with Gasteiger partial charge in [0.05, 0.1) is 19.1 Å². The molecule has 1 fully saturated rings. The van der Waals surface area contributed by atoms with Crippen LogP contribution in [-0.2, 0) is 14.3 Å². The molecule has 2 amide bonds. The minimum atomic E-state index is -4.76. The Kier molecular flexibility index (Phi) is 9.62. The van der Waals surface area contributed by atoms with Crippen LogP contribution in [0.25, 0.3) is 0 Å². The molecule has 0 aromatic heterocycles. The summed E-state index contributed by atoms with van der Waals surface area (Å²) < 4.78 is 46.3. The van der Waals surface area contributed by atoms with Gasteiger partial charge in [-0.25, -0.2) is 0 Å². The van der Waals surface area contributed by atoms with Crippen LogP contribution in [-0.4, -0.2) is 67.1 Å². The Labute approximate surface area is 213 Å². The summed E-state index contributed by atoms with van der Waals surface area (Å²) in [5.74, 6) is -1.51. The van der Waals surface area contributed by atoms with Crippen molar-refractivity contribution < 1.29 is 37.3 Å². The van der Waals surface area contributed by atoms with Gasteiger partial charge in [-0.05, 0) is 47.9 Å². The Balaban J connectivity index is 1.67. The molecule has 2 aromatic carbocycles. The van der Waals surface area contributed by atoms with E-state index in [-0.39, 0.29) is 41.7 Å². The molecule has 0 unspecified atom stereocenters. The lowest BCUT2D eigenvalue weighted by Gasteiger charge is -2.30. The van der Waals surface area contributed by atoms with Crippen molar-refractivity contribution in [3.63, 3.8) is 0 Å². The smallest absolute Gasteiger partial charge is 0.508 e. The van der Waals surface area contributed by atoms with Crippen LogP contribution < -0.4 is 15.4 Å². The van der Waals surface area contributed by atoms with Crippen LogP contribution in [0.3, 0.4) is 0 Å². The number of phenolic OH excluding ortho intramolecular Hbond substituents is 1. The van der Waals surface area contributed by atoms with Gasteiger partial charge in [-0.1, -0.05) is 26.0 Å². The summed E-state index contributed by atoms with van der Waals surface area (Å²) in [7, 11) is 0. The number of halogens is 3. The lowest BCUT2D eigenvalue weighted by molar-refractivity contribution is -0.274. The molecule has 202 valence electrons. The fourth-order valence-electron chi connectivity index (χ4n) is 3.92. The van der Waals surface area contributed by atoms with Gasteiger partial charge in [0, 0.05) is 37.8 Å². The van der Waals surface area contributed by atoms with Crippen molar-refractivity contribution in [3.8, 4) is 11.5 Å². The Morgan fingerprint density at radius 2 is 1.68 bits per heavy atom. The van der Waals surface area contributed by atoms with Crippen molar-refractivity contribution in [2.24, 2.45) is 5.92 Å². The molecule has 2 aromatic rings. The van der Waals surface area contributed by atoms with Crippen LogP contribution in [0.1, 0.15) is 31.7 Å². The second-order valence-corrected chi connectivity index (χ2v) is 9.15. The number of rotatable bonds is 10. The predicted molar refractivity (Wildman–Crippen MR) is 131 cm³/mol. The van der Waals surface area contributed by atoms with Gasteiger partial charge in [-0.15, -0.1) is 13.2 Å². The van der Waals surface area contributed by atoms with Crippen molar-refractivity contribution in [3.05, 3.63) is 54.1 Å². The van der Waals surface area contributed by atoms with Gasteiger partial charge in [-0.2, -0.15) is 0 Å². The lowest BCUT2D eigenvalue weighted by atomic mass is 9.92. The van der Waals surface area contributed by atoms with Crippen molar-refractivity contribution in [2.45, 2.75) is 38.6 Å². The van der Waals surface area contributed by atoms with Crippen LogP contribution in [0.2, 0.25) is 0 Å². The highest BCUT2D eigenvalue weighted by atomic mass is 19.4. The summed E-state index contributed by atoms with van der Waals surface area (Å²) in [6, 6.07) is 11.2. The minimum absolute atomic E-state index is 0.0136. The molecule has 1 aliphatic rings. The third-order valence-electron chi connectivity index (χ3n) is 6.10. The molecule has 2 atom stereocenters. The van der Waals surface area contributed by atoms with Crippen LogP contribution in [0.5, 0.6) is 11.5 Å². The molecule has 11 heteroatoms. The second kappa shape index (κ2) is 12.7. The molecule has 1 saturated heterocycles. The molecule has 0 radical (unpaired) electrons. The van der Waals surface area contributed by atoms with E-state index >= 15 is 0 Å². The number of ether oxygens (including phenoxy) is 2. The van der Waals surface area contributed by atoms with Gasteiger partial charge in [-0.3, -0.25) is 9.59 Å². The summed E-state index contributed by atoms with van der Waals surface area (Å²) in [4.78, 5) is 28.1. The highest BCUT2D eigenvalue weighted by Crippen LogP contribution is 2.26. The van der Waals surface area contributed by atoms with Crippen molar-refractivity contribution in [2.75, 3.05) is 38.2 Å². The number of aromatic hydroxyl groups is 1.